The van der Waals surface area contributed by atoms with Crippen LogP contribution in [0, 0.1) is 6.07 Å². The van der Waals surface area contributed by atoms with Gasteiger partial charge in [-0.2, -0.15) is 5.10 Å². The largest absolute Gasteiger partial charge is 0.281 e. The molecule has 0 amide bonds. The molecule has 0 saturated heterocycles. The second kappa shape index (κ2) is 4.10. The molecule has 0 fully saturated rings. The van der Waals surface area contributed by atoms with Crippen LogP contribution in [-0.2, 0) is 0 Å². The molecular weight excluding hydrogens is 266 g/mol. The number of aromatic nitrogens is 2. The first-order valence-electron chi connectivity index (χ1n) is 4.18. The summed E-state index contributed by atoms with van der Waals surface area (Å²) in [6.45, 7) is 0. The summed E-state index contributed by atoms with van der Waals surface area (Å²) in [6, 6.07) is 9.36. The molecule has 0 unspecified atom stereocenters. The van der Waals surface area contributed by atoms with E-state index in [-0.39, 0.29) is 5.69 Å². The van der Waals surface area contributed by atoms with Crippen molar-refractivity contribution in [3.63, 3.8) is 0 Å². The Morgan fingerprint density at radius 2 is 1.93 bits per heavy atom. The van der Waals surface area contributed by atoms with Gasteiger partial charge in [-0.05, 0) is 24.3 Å². The van der Waals surface area contributed by atoms with Crippen molar-refractivity contribution in [2.75, 3.05) is 0 Å². The predicted octanol–water partition coefficient (Wildman–Crippen LogP) is 3.37. The van der Waals surface area contributed by atoms with E-state index >= 15 is 0 Å². The number of hydrogen-bond acceptors (Lipinski definition) is 1. The van der Waals surface area contributed by atoms with Crippen LogP contribution in [0.1, 0.15) is 12.1 Å². The first-order chi connectivity index (χ1) is 7.18. The van der Waals surface area contributed by atoms with Crippen molar-refractivity contribution in [2.24, 2.45) is 0 Å². The third-order valence-electron chi connectivity index (χ3n) is 1.89. The van der Waals surface area contributed by atoms with Crippen LogP contribution in [0.15, 0.2) is 34.9 Å². The first kappa shape index (κ1) is 10.3. The number of hydrogen-bond donors (Lipinski definition) is 0. The van der Waals surface area contributed by atoms with Crippen molar-refractivity contribution < 1.29 is 8.78 Å². The molecule has 77 valence electrons. The van der Waals surface area contributed by atoms with Gasteiger partial charge in [0.25, 0.3) is 6.43 Å². The molecule has 0 saturated carbocycles. The van der Waals surface area contributed by atoms with Gasteiger partial charge < -0.3 is 0 Å². The van der Waals surface area contributed by atoms with Gasteiger partial charge in [0.05, 0.1) is 11.9 Å². The minimum Gasteiger partial charge on any atom is -0.231 e. The van der Waals surface area contributed by atoms with Crippen LogP contribution in [-0.4, -0.2) is 9.78 Å². The number of nitrogens with zero attached hydrogens (tertiary/aromatic N) is 2. The molecule has 0 aliphatic rings. The fourth-order valence-electron chi connectivity index (χ4n) is 1.22. The summed E-state index contributed by atoms with van der Waals surface area (Å²) in [5.41, 5.74) is 0.368. The average molecular weight is 272 g/mol. The van der Waals surface area contributed by atoms with Crippen molar-refractivity contribution in [1.82, 2.24) is 9.78 Å². The minimum atomic E-state index is -2.57. The van der Waals surface area contributed by atoms with Gasteiger partial charge in [0, 0.05) is 10.5 Å². The number of alkyl halides is 2. The van der Waals surface area contributed by atoms with E-state index in [0.29, 0.717) is 5.69 Å². The van der Waals surface area contributed by atoms with Gasteiger partial charge in [0.2, 0.25) is 0 Å². The lowest BCUT2D eigenvalue weighted by Gasteiger charge is -2.05. The Hall–Kier alpha value is -1.23. The van der Waals surface area contributed by atoms with Crippen LogP contribution < -0.4 is 0 Å². The van der Waals surface area contributed by atoms with Crippen LogP contribution in [0.3, 0.4) is 0 Å². The van der Waals surface area contributed by atoms with Gasteiger partial charge >= 0.3 is 0 Å². The fourth-order valence-corrected chi connectivity index (χ4v) is 1.48. The maximum absolute atomic E-state index is 12.5. The Kier molecular flexibility index (Phi) is 2.81. The molecule has 0 aliphatic heterocycles. The molecule has 2 aromatic rings. The molecular formula is C10H6BrF2N2. The molecule has 0 aliphatic carbocycles. The predicted molar refractivity (Wildman–Crippen MR) is 55.1 cm³/mol. The van der Waals surface area contributed by atoms with Crippen molar-refractivity contribution in [3.8, 4) is 5.69 Å². The molecule has 1 aromatic carbocycles. The number of rotatable bonds is 2. The molecule has 0 atom stereocenters. The highest BCUT2D eigenvalue weighted by molar-refractivity contribution is 9.10. The van der Waals surface area contributed by atoms with Gasteiger partial charge in [-0.15, -0.1) is 0 Å². The summed E-state index contributed by atoms with van der Waals surface area (Å²) >= 11 is 3.27. The van der Waals surface area contributed by atoms with E-state index in [1.807, 2.05) is 0 Å². The van der Waals surface area contributed by atoms with Gasteiger partial charge in [-0.1, -0.05) is 15.9 Å². The van der Waals surface area contributed by atoms with Gasteiger partial charge in [0.1, 0.15) is 5.69 Å². The Morgan fingerprint density at radius 1 is 1.27 bits per heavy atom. The summed E-state index contributed by atoms with van der Waals surface area (Å²) in [7, 11) is 0. The van der Waals surface area contributed by atoms with E-state index < -0.39 is 6.43 Å². The molecule has 1 heterocycles. The highest BCUT2D eigenvalue weighted by Gasteiger charge is 2.14. The molecule has 5 heteroatoms. The standard InChI is InChI=1S/C10H6BrF2N2/c11-7-1-3-8(4-2-7)15-9(10(12)13)5-6-14-15/h1-4,6,10H. The highest BCUT2D eigenvalue weighted by Crippen LogP contribution is 2.21. The second-order valence-electron chi connectivity index (χ2n) is 2.86. The van der Waals surface area contributed by atoms with Crippen LogP contribution in [0.5, 0.6) is 0 Å². The van der Waals surface area contributed by atoms with E-state index in [1.54, 1.807) is 24.3 Å². The maximum Gasteiger partial charge on any atom is 0.281 e. The van der Waals surface area contributed by atoms with Crippen LogP contribution in [0.25, 0.3) is 5.69 Å². The molecule has 15 heavy (non-hydrogen) atoms. The molecule has 0 bridgehead atoms. The smallest absolute Gasteiger partial charge is 0.231 e. The zero-order valence-corrected chi connectivity index (χ0v) is 9.08. The SMILES string of the molecule is FC(F)c1[c]cnn1-c1ccc(Br)cc1. The van der Waals surface area contributed by atoms with Crippen molar-refractivity contribution in [3.05, 3.63) is 46.7 Å². The Morgan fingerprint density at radius 3 is 2.53 bits per heavy atom. The van der Waals surface area contributed by atoms with Gasteiger partial charge in [0.15, 0.2) is 0 Å². The summed E-state index contributed by atoms with van der Waals surface area (Å²) in [5.74, 6) is 0. The second-order valence-corrected chi connectivity index (χ2v) is 3.78. The van der Waals surface area contributed by atoms with E-state index in [9.17, 15) is 8.78 Å². The molecule has 1 aromatic heterocycles. The average Bonchev–Trinajstić information content (AvgIpc) is 2.67. The molecule has 2 rings (SSSR count). The Labute approximate surface area is 93.7 Å². The summed E-state index contributed by atoms with van der Waals surface area (Å²) in [5, 5.41) is 3.80. The lowest BCUT2D eigenvalue weighted by Crippen LogP contribution is -2.02. The van der Waals surface area contributed by atoms with E-state index in [0.717, 1.165) is 4.47 Å². The molecule has 2 nitrogen and oxygen atoms in total. The third kappa shape index (κ3) is 2.07. The lowest BCUT2D eigenvalue weighted by atomic mass is 10.3. The normalized spacial score (nSPS) is 10.9. The topological polar surface area (TPSA) is 17.8 Å². The van der Waals surface area contributed by atoms with Crippen LogP contribution >= 0.6 is 15.9 Å². The zero-order valence-electron chi connectivity index (χ0n) is 7.49. The quantitative estimate of drug-likeness (QED) is 0.819. The minimum absolute atomic E-state index is 0.225. The first-order valence-corrected chi connectivity index (χ1v) is 4.97. The molecule has 1 radical (unpaired) electrons. The van der Waals surface area contributed by atoms with Crippen LogP contribution in [0.2, 0.25) is 0 Å². The summed E-state index contributed by atoms with van der Waals surface area (Å²) in [6.07, 6.45) is -1.33. The Bertz CT molecular complexity index is 451. The number of benzene rings is 1. The fraction of sp³-hybridized carbons (Fsp3) is 0.100. The van der Waals surface area contributed by atoms with Crippen molar-refractivity contribution in [2.45, 2.75) is 6.43 Å². The monoisotopic (exact) mass is 271 g/mol. The Balaban J connectivity index is 2.45. The van der Waals surface area contributed by atoms with Crippen LogP contribution in [0.4, 0.5) is 8.78 Å². The van der Waals surface area contributed by atoms with Gasteiger partial charge in [-0.3, -0.25) is 0 Å². The lowest BCUT2D eigenvalue weighted by molar-refractivity contribution is 0.142. The highest BCUT2D eigenvalue weighted by atomic mass is 79.9. The molecule has 0 N–H and O–H groups in total. The number of halogens is 3. The summed E-state index contributed by atoms with van der Waals surface area (Å²) < 4.78 is 27.1. The van der Waals surface area contributed by atoms with E-state index in [2.05, 4.69) is 27.1 Å². The molecule has 0 spiro atoms. The third-order valence-corrected chi connectivity index (χ3v) is 2.42. The van der Waals surface area contributed by atoms with Crippen molar-refractivity contribution >= 4 is 15.9 Å². The van der Waals surface area contributed by atoms with E-state index in [4.69, 9.17) is 0 Å². The zero-order chi connectivity index (χ0) is 10.8. The van der Waals surface area contributed by atoms with E-state index in [1.165, 1.54) is 10.9 Å². The van der Waals surface area contributed by atoms with Gasteiger partial charge in [-0.25, -0.2) is 13.5 Å². The maximum atomic E-state index is 12.5. The van der Waals surface area contributed by atoms with Crippen molar-refractivity contribution in [1.29, 1.82) is 0 Å². The summed E-state index contributed by atoms with van der Waals surface area (Å²) in [4.78, 5) is 0.